The number of halogens is 2. The fourth-order valence-corrected chi connectivity index (χ4v) is 5.87. The van der Waals surface area contributed by atoms with Crippen molar-refractivity contribution < 1.29 is 13.2 Å². The van der Waals surface area contributed by atoms with Gasteiger partial charge in [-0.05, 0) is 38.5 Å². The molecule has 0 radical (unpaired) electrons. The van der Waals surface area contributed by atoms with Crippen molar-refractivity contribution in [2.75, 3.05) is 18.1 Å². The van der Waals surface area contributed by atoms with Crippen molar-refractivity contribution >= 4 is 50.7 Å². The van der Waals surface area contributed by atoms with Gasteiger partial charge >= 0.3 is 0 Å². The maximum Gasteiger partial charge on any atom is 0.236 e. The number of carbonyl (C=O) groups excluding carboxylic acids is 1. The number of hydrogen-bond donors (Lipinski definition) is 0. The maximum atomic E-state index is 12.7. The number of rotatable bonds is 5. The van der Waals surface area contributed by atoms with Crippen LogP contribution in [0, 0.1) is 0 Å². The monoisotopic (exact) mass is 395 g/mol. The summed E-state index contributed by atoms with van der Waals surface area (Å²) in [6, 6.07) is 4.90. The molecule has 1 aromatic carbocycles. The maximum absolute atomic E-state index is 12.7. The Labute approximate surface area is 151 Å². The molecule has 1 aliphatic heterocycles. The van der Waals surface area contributed by atoms with Crippen molar-refractivity contribution in [2.45, 2.75) is 36.5 Å². The minimum Gasteiger partial charge on any atom is -0.338 e. The van der Waals surface area contributed by atoms with Crippen LogP contribution in [-0.4, -0.2) is 48.6 Å². The molecule has 4 nitrogen and oxygen atoms in total. The topological polar surface area (TPSA) is 54.5 Å². The van der Waals surface area contributed by atoms with Crippen molar-refractivity contribution in [2.24, 2.45) is 0 Å². The predicted octanol–water partition coefficient (Wildman–Crippen LogP) is 3.51. The van der Waals surface area contributed by atoms with Gasteiger partial charge in [-0.2, -0.15) is 0 Å². The summed E-state index contributed by atoms with van der Waals surface area (Å²) >= 11 is 13.4. The van der Waals surface area contributed by atoms with Gasteiger partial charge < -0.3 is 4.90 Å². The highest BCUT2D eigenvalue weighted by molar-refractivity contribution is 8.00. The molecule has 2 rings (SSSR count). The van der Waals surface area contributed by atoms with Crippen LogP contribution >= 0.6 is 35.0 Å². The Hall–Kier alpha value is -0.430. The molecule has 0 unspecified atom stereocenters. The lowest BCUT2D eigenvalue weighted by atomic mass is 10.2. The van der Waals surface area contributed by atoms with Gasteiger partial charge in [-0.15, -0.1) is 11.8 Å². The standard InChI is InChI=1S/C15H19Cl2NO3S2/c1-3-18(12-6-7-23(20,21)9-12)15(19)10(2)22-14-8-11(16)4-5-13(14)17/h4-5,8,10,12H,3,6-7,9H2,1-2H3/t10-,12-/m1/s1. The number of benzene rings is 1. The second-order valence-corrected chi connectivity index (χ2v) is 9.97. The van der Waals surface area contributed by atoms with E-state index in [9.17, 15) is 13.2 Å². The zero-order valence-corrected chi connectivity index (χ0v) is 16.1. The molecule has 0 N–H and O–H groups in total. The number of sulfone groups is 1. The Morgan fingerprint density at radius 1 is 1.43 bits per heavy atom. The molecule has 1 amide bonds. The van der Waals surface area contributed by atoms with Gasteiger partial charge in [-0.1, -0.05) is 23.2 Å². The lowest BCUT2D eigenvalue weighted by Gasteiger charge is -2.29. The largest absolute Gasteiger partial charge is 0.338 e. The lowest BCUT2D eigenvalue weighted by molar-refractivity contribution is -0.131. The first-order valence-electron chi connectivity index (χ1n) is 7.36. The molecule has 0 aromatic heterocycles. The molecule has 0 saturated carbocycles. The fourth-order valence-electron chi connectivity index (χ4n) is 2.66. The first kappa shape index (κ1) is 18.9. The third-order valence-corrected chi connectivity index (χ3v) is 7.39. The normalized spacial score (nSPS) is 21.1. The summed E-state index contributed by atoms with van der Waals surface area (Å²) in [7, 11) is -3.02. The van der Waals surface area contributed by atoms with Crippen molar-refractivity contribution in [3.05, 3.63) is 28.2 Å². The fraction of sp³-hybridized carbons (Fsp3) is 0.533. The summed E-state index contributed by atoms with van der Waals surface area (Å²) in [6.07, 6.45) is 0.511. The summed E-state index contributed by atoms with van der Waals surface area (Å²) in [4.78, 5) is 15.1. The van der Waals surface area contributed by atoms with Gasteiger partial charge in [0.15, 0.2) is 9.84 Å². The number of nitrogens with zero attached hydrogens (tertiary/aromatic N) is 1. The van der Waals surface area contributed by atoms with Crippen LogP contribution in [0.3, 0.4) is 0 Å². The molecule has 2 atom stereocenters. The first-order valence-corrected chi connectivity index (χ1v) is 10.8. The van der Waals surface area contributed by atoms with E-state index < -0.39 is 9.84 Å². The highest BCUT2D eigenvalue weighted by Gasteiger charge is 2.35. The number of amides is 1. The highest BCUT2D eigenvalue weighted by Crippen LogP contribution is 2.33. The zero-order chi connectivity index (χ0) is 17.2. The van der Waals surface area contributed by atoms with Crippen LogP contribution in [0.5, 0.6) is 0 Å². The van der Waals surface area contributed by atoms with Gasteiger partial charge in [0.25, 0.3) is 0 Å². The van der Waals surface area contributed by atoms with E-state index in [1.165, 1.54) is 11.8 Å². The van der Waals surface area contributed by atoms with E-state index in [2.05, 4.69) is 0 Å². The Balaban J connectivity index is 2.10. The molecule has 1 aliphatic rings. The molecular formula is C15H19Cl2NO3S2. The van der Waals surface area contributed by atoms with Gasteiger partial charge in [-0.25, -0.2) is 8.42 Å². The van der Waals surface area contributed by atoms with Crippen LogP contribution < -0.4 is 0 Å². The number of thioether (sulfide) groups is 1. The van der Waals surface area contributed by atoms with E-state index in [1.807, 2.05) is 6.92 Å². The summed E-state index contributed by atoms with van der Waals surface area (Å²) < 4.78 is 23.3. The van der Waals surface area contributed by atoms with E-state index in [4.69, 9.17) is 23.2 Å². The van der Waals surface area contributed by atoms with E-state index in [0.29, 0.717) is 23.0 Å². The van der Waals surface area contributed by atoms with Crippen LogP contribution in [-0.2, 0) is 14.6 Å². The summed E-state index contributed by atoms with van der Waals surface area (Å²) in [5, 5.41) is 0.741. The van der Waals surface area contributed by atoms with Crippen LogP contribution in [0.15, 0.2) is 23.1 Å². The Morgan fingerprint density at radius 2 is 2.13 bits per heavy atom. The first-order chi connectivity index (χ1) is 10.7. The summed E-state index contributed by atoms with van der Waals surface area (Å²) in [5.41, 5.74) is 0. The van der Waals surface area contributed by atoms with Crippen molar-refractivity contribution in [3.63, 3.8) is 0 Å². The second kappa shape index (κ2) is 7.64. The van der Waals surface area contributed by atoms with E-state index in [-0.39, 0.29) is 28.7 Å². The molecule has 128 valence electrons. The van der Waals surface area contributed by atoms with Gasteiger partial charge in [0, 0.05) is 22.5 Å². The number of hydrogen-bond acceptors (Lipinski definition) is 4. The molecule has 1 fully saturated rings. The Bertz CT molecular complexity index is 694. The molecule has 0 spiro atoms. The second-order valence-electron chi connectivity index (χ2n) is 5.52. The molecule has 23 heavy (non-hydrogen) atoms. The SMILES string of the molecule is CCN(C(=O)[C@@H](C)Sc1cc(Cl)ccc1Cl)[C@@H]1CCS(=O)(=O)C1. The molecule has 1 saturated heterocycles. The molecule has 0 aliphatic carbocycles. The summed E-state index contributed by atoms with van der Waals surface area (Å²) in [6.45, 7) is 4.16. The van der Waals surface area contributed by atoms with Crippen LogP contribution in [0.2, 0.25) is 10.0 Å². The average Bonchev–Trinajstić information content (AvgIpc) is 2.83. The van der Waals surface area contributed by atoms with Gasteiger partial charge in [-0.3, -0.25) is 4.79 Å². The van der Waals surface area contributed by atoms with Crippen molar-refractivity contribution in [1.82, 2.24) is 4.90 Å². The molecule has 8 heteroatoms. The molecule has 0 bridgehead atoms. The van der Waals surface area contributed by atoms with Gasteiger partial charge in [0.2, 0.25) is 5.91 Å². The van der Waals surface area contributed by atoms with Crippen molar-refractivity contribution in [1.29, 1.82) is 0 Å². The van der Waals surface area contributed by atoms with Crippen LogP contribution in [0.1, 0.15) is 20.3 Å². The van der Waals surface area contributed by atoms with E-state index in [0.717, 1.165) is 4.90 Å². The third kappa shape index (κ3) is 4.78. The molecule has 1 aromatic rings. The van der Waals surface area contributed by atoms with Crippen LogP contribution in [0.4, 0.5) is 0 Å². The highest BCUT2D eigenvalue weighted by atomic mass is 35.5. The summed E-state index contributed by atoms with van der Waals surface area (Å²) in [5.74, 6) is 0.140. The number of carbonyl (C=O) groups is 1. The molecule has 1 heterocycles. The van der Waals surface area contributed by atoms with Gasteiger partial charge in [0.1, 0.15) is 0 Å². The quantitative estimate of drug-likeness (QED) is 0.715. The third-order valence-electron chi connectivity index (χ3n) is 3.82. The Morgan fingerprint density at radius 3 is 2.70 bits per heavy atom. The predicted molar refractivity (Wildman–Crippen MR) is 96.2 cm³/mol. The van der Waals surface area contributed by atoms with Gasteiger partial charge in [0.05, 0.1) is 21.8 Å². The van der Waals surface area contributed by atoms with E-state index in [1.54, 1.807) is 30.0 Å². The minimum atomic E-state index is -3.02. The lowest BCUT2D eigenvalue weighted by Crippen LogP contribution is -2.44. The Kier molecular flexibility index (Phi) is 6.28. The minimum absolute atomic E-state index is 0.0574. The average molecular weight is 396 g/mol. The zero-order valence-electron chi connectivity index (χ0n) is 13.0. The van der Waals surface area contributed by atoms with Crippen LogP contribution in [0.25, 0.3) is 0 Å². The van der Waals surface area contributed by atoms with E-state index >= 15 is 0 Å². The van der Waals surface area contributed by atoms with Crippen molar-refractivity contribution in [3.8, 4) is 0 Å². The molecular weight excluding hydrogens is 377 g/mol. The smallest absolute Gasteiger partial charge is 0.236 e.